The highest BCUT2D eigenvalue weighted by molar-refractivity contribution is 5.87. The van der Waals surface area contributed by atoms with Crippen LogP contribution < -0.4 is 5.32 Å². The second kappa shape index (κ2) is 12.1. The van der Waals surface area contributed by atoms with Crippen molar-refractivity contribution in [3.8, 4) is 0 Å². The summed E-state index contributed by atoms with van der Waals surface area (Å²) in [5.41, 5.74) is 1.73. The first kappa shape index (κ1) is 23.5. The molecule has 162 valence electrons. The predicted octanol–water partition coefficient (Wildman–Crippen LogP) is 3.72. The number of hydrogen-bond donors (Lipinski definition) is 1. The molecule has 30 heavy (non-hydrogen) atoms. The van der Waals surface area contributed by atoms with Gasteiger partial charge in [-0.25, -0.2) is 4.39 Å². The summed E-state index contributed by atoms with van der Waals surface area (Å²) in [6.45, 7) is 6.65. The molecule has 0 radical (unpaired) electrons. The molecule has 2 aromatic rings. The summed E-state index contributed by atoms with van der Waals surface area (Å²) in [7, 11) is 0. The van der Waals surface area contributed by atoms with Gasteiger partial charge >= 0.3 is 0 Å². The van der Waals surface area contributed by atoms with Crippen molar-refractivity contribution in [3.63, 3.8) is 0 Å². The lowest BCUT2D eigenvalue weighted by Crippen LogP contribution is -2.50. The maximum atomic E-state index is 13.3. The molecule has 0 spiro atoms. The van der Waals surface area contributed by atoms with Crippen LogP contribution >= 0.6 is 0 Å². The minimum absolute atomic E-state index is 0.149. The maximum absolute atomic E-state index is 13.3. The van der Waals surface area contributed by atoms with Crippen LogP contribution in [0, 0.1) is 5.82 Å². The SMILES string of the molecule is CC(=O)N(Cc1ccc(F)cc1)[C@@H](Cc1ccccc1)C(=O)NCCCOC(C)C. The molecule has 1 atom stereocenters. The van der Waals surface area contributed by atoms with E-state index in [1.54, 1.807) is 17.0 Å². The van der Waals surface area contributed by atoms with Crippen LogP contribution in [0.25, 0.3) is 0 Å². The molecular formula is C24H31FN2O3. The topological polar surface area (TPSA) is 58.6 Å². The van der Waals surface area contributed by atoms with Crippen molar-refractivity contribution in [3.05, 3.63) is 71.5 Å². The number of halogens is 1. The number of benzene rings is 2. The molecule has 2 amide bonds. The molecule has 0 unspecified atom stereocenters. The van der Waals surface area contributed by atoms with Gasteiger partial charge in [0.05, 0.1) is 6.10 Å². The molecule has 2 aromatic carbocycles. The van der Waals surface area contributed by atoms with Crippen molar-refractivity contribution in [1.29, 1.82) is 0 Å². The molecule has 2 rings (SSSR count). The number of ether oxygens (including phenoxy) is 1. The van der Waals surface area contributed by atoms with Gasteiger partial charge in [-0.1, -0.05) is 42.5 Å². The lowest BCUT2D eigenvalue weighted by molar-refractivity contribution is -0.139. The van der Waals surface area contributed by atoms with E-state index in [0.717, 1.165) is 11.1 Å². The second-order valence-corrected chi connectivity index (χ2v) is 7.54. The van der Waals surface area contributed by atoms with Crippen LogP contribution in [-0.4, -0.2) is 42.0 Å². The number of carbonyl (C=O) groups is 2. The van der Waals surface area contributed by atoms with Crippen molar-refractivity contribution in [2.75, 3.05) is 13.2 Å². The Balaban J connectivity index is 2.13. The minimum Gasteiger partial charge on any atom is -0.379 e. The van der Waals surface area contributed by atoms with E-state index in [1.165, 1.54) is 19.1 Å². The van der Waals surface area contributed by atoms with Crippen LogP contribution in [0.15, 0.2) is 54.6 Å². The molecule has 5 nitrogen and oxygen atoms in total. The molecule has 0 saturated carbocycles. The number of hydrogen-bond acceptors (Lipinski definition) is 3. The Kier molecular flexibility index (Phi) is 9.48. The molecule has 0 fully saturated rings. The van der Waals surface area contributed by atoms with Gasteiger partial charge in [0.25, 0.3) is 0 Å². The lowest BCUT2D eigenvalue weighted by atomic mass is 10.0. The number of nitrogens with one attached hydrogen (secondary N) is 1. The number of amides is 2. The number of carbonyl (C=O) groups excluding carboxylic acids is 2. The van der Waals surface area contributed by atoms with E-state index in [4.69, 9.17) is 4.74 Å². The van der Waals surface area contributed by atoms with Crippen LogP contribution in [0.2, 0.25) is 0 Å². The van der Waals surface area contributed by atoms with Crippen molar-refractivity contribution >= 4 is 11.8 Å². The summed E-state index contributed by atoms with van der Waals surface area (Å²) in [6, 6.07) is 14.9. The largest absolute Gasteiger partial charge is 0.379 e. The Morgan fingerprint density at radius 1 is 1.03 bits per heavy atom. The van der Waals surface area contributed by atoms with Crippen LogP contribution in [0.3, 0.4) is 0 Å². The Hall–Kier alpha value is -2.73. The van der Waals surface area contributed by atoms with Crippen molar-refractivity contribution in [1.82, 2.24) is 10.2 Å². The molecule has 0 aliphatic heterocycles. The molecule has 0 saturated heterocycles. The Bertz CT molecular complexity index is 794. The zero-order valence-electron chi connectivity index (χ0n) is 17.9. The first-order valence-corrected chi connectivity index (χ1v) is 10.3. The summed E-state index contributed by atoms with van der Waals surface area (Å²) < 4.78 is 18.8. The molecule has 0 aliphatic carbocycles. The summed E-state index contributed by atoms with van der Waals surface area (Å²) in [5.74, 6) is -0.755. The van der Waals surface area contributed by atoms with Gasteiger partial charge in [-0.3, -0.25) is 9.59 Å². The van der Waals surface area contributed by atoms with Crippen LogP contribution in [0.4, 0.5) is 4.39 Å². The summed E-state index contributed by atoms with van der Waals surface area (Å²) in [4.78, 5) is 27.0. The third-order valence-electron chi connectivity index (χ3n) is 4.69. The standard InChI is InChI=1S/C24H31FN2O3/c1-18(2)30-15-7-14-26-24(29)23(16-20-8-5-4-6-9-20)27(19(3)28)17-21-10-12-22(25)13-11-21/h4-6,8-13,18,23H,7,14-17H2,1-3H3,(H,26,29)/t23-/m0/s1. The predicted molar refractivity (Wildman–Crippen MR) is 115 cm³/mol. The molecule has 1 N–H and O–H groups in total. The van der Waals surface area contributed by atoms with Gasteiger partial charge < -0.3 is 15.0 Å². The Labute approximate surface area is 178 Å². The monoisotopic (exact) mass is 414 g/mol. The first-order chi connectivity index (χ1) is 14.4. The highest BCUT2D eigenvalue weighted by atomic mass is 19.1. The van der Waals surface area contributed by atoms with Crippen LogP contribution in [0.5, 0.6) is 0 Å². The quantitative estimate of drug-likeness (QED) is 0.570. The first-order valence-electron chi connectivity index (χ1n) is 10.3. The van der Waals surface area contributed by atoms with E-state index < -0.39 is 6.04 Å². The van der Waals surface area contributed by atoms with Crippen molar-refractivity contribution in [2.45, 2.75) is 52.3 Å². The third-order valence-corrected chi connectivity index (χ3v) is 4.69. The minimum atomic E-state index is -0.666. The zero-order chi connectivity index (χ0) is 21.9. The van der Waals surface area contributed by atoms with Gasteiger partial charge in [0.2, 0.25) is 11.8 Å². The second-order valence-electron chi connectivity index (χ2n) is 7.54. The number of nitrogens with zero attached hydrogens (tertiary/aromatic N) is 1. The fourth-order valence-electron chi connectivity index (χ4n) is 3.13. The molecular weight excluding hydrogens is 383 g/mol. The summed E-state index contributed by atoms with van der Waals surface area (Å²) in [6.07, 6.45) is 1.24. The van der Waals surface area contributed by atoms with E-state index in [-0.39, 0.29) is 30.3 Å². The van der Waals surface area contributed by atoms with Gasteiger partial charge in [-0.05, 0) is 43.5 Å². The molecule has 0 bridgehead atoms. The van der Waals surface area contributed by atoms with Gasteiger partial charge in [0.1, 0.15) is 11.9 Å². The van der Waals surface area contributed by atoms with E-state index in [9.17, 15) is 14.0 Å². The summed E-state index contributed by atoms with van der Waals surface area (Å²) in [5, 5.41) is 2.93. The van der Waals surface area contributed by atoms with Gasteiger partial charge in [-0.2, -0.15) is 0 Å². The van der Waals surface area contributed by atoms with Crippen molar-refractivity contribution in [2.24, 2.45) is 0 Å². The molecule has 0 aliphatic rings. The average molecular weight is 415 g/mol. The summed E-state index contributed by atoms with van der Waals surface area (Å²) >= 11 is 0. The van der Waals surface area contributed by atoms with Gasteiger partial charge in [-0.15, -0.1) is 0 Å². The smallest absolute Gasteiger partial charge is 0.243 e. The Morgan fingerprint density at radius 3 is 2.30 bits per heavy atom. The van der Waals surface area contributed by atoms with Gasteiger partial charge in [0, 0.05) is 33.0 Å². The molecule has 0 heterocycles. The zero-order valence-corrected chi connectivity index (χ0v) is 17.9. The maximum Gasteiger partial charge on any atom is 0.243 e. The van der Waals surface area contributed by atoms with E-state index >= 15 is 0 Å². The fraction of sp³-hybridized carbons (Fsp3) is 0.417. The normalized spacial score (nSPS) is 11.9. The number of rotatable bonds is 11. The molecule has 0 aromatic heterocycles. The van der Waals surface area contributed by atoms with E-state index in [0.29, 0.717) is 26.0 Å². The van der Waals surface area contributed by atoms with E-state index in [1.807, 2.05) is 44.2 Å². The van der Waals surface area contributed by atoms with E-state index in [2.05, 4.69) is 5.32 Å². The Morgan fingerprint density at radius 2 is 1.70 bits per heavy atom. The lowest BCUT2D eigenvalue weighted by Gasteiger charge is -2.30. The highest BCUT2D eigenvalue weighted by Crippen LogP contribution is 2.15. The fourth-order valence-corrected chi connectivity index (χ4v) is 3.13. The van der Waals surface area contributed by atoms with Crippen LogP contribution in [0.1, 0.15) is 38.3 Å². The van der Waals surface area contributed by atoms with Gasteiger partial charge in [0.15, 0.2) is 0 Å². The van der Waals surface area contributed by atoms with Crippen LogP contribution in [-0.2, 0) is 27.3 Å². The van der Waals surface area contributed by atoms with Crippen molar-refractivity contribution < 1.29 is 18.7 Å². The molecule has 6 heteroatoms. The highest BCUT2D eigenvalue weighted by Gasteiger charge is 2.28. The third kappa shape index (κ3) is 7.95. The average Bonchev–Trinajstić information content (AvgIpc) is 2.72.